The van der Waals surface area contributed by atoms with Crippen LogP contribution in [0.1, 0.15) is 22.3 Å². The molecular weight excluding hydrogens is 468 g/mol. The highest BCUT2D eigenvalue weighted by Gasteiger charge is 2.67. The number of rotatable bonds is 4. The second kappa shape index (κ2) is 7.82. The number of carbonyl (C=O) groups excluding carboxylic acids is 1. The maximum absolute atomic E-state index is 15.1. The lowest BCUT2D eigenvalue weighted by Gasteiger charge is -2.33. The highest BCUT2D eigenvalue weighted by Crippen LogP contribution is 2.59. The van der Waals surface area contributed by atoms with Gasteiger partial charge in [0.25, 0.3) is 0 Å². The number of para-hydroxylation sites is 1. The van der Waals surface area contributed by atoms with Gasteiger partial charge in [0.15, 0.2) is 28.3 Å². The van der Waals surface area contributed by atoms with E-state index >= 15 is 4.79 Å². The zero-order valence-electron chi connectivity index (χ0n) is 20.1. The van der Waals surface area contributed by atoms with E-state index < -0.39 is 5.41 Å². The molecule has 3 aliphatic heterocycles. The van der Waals surface area contributed by atoms with Crippen LogP contribution in [0, 0.1) is 6.92 Å². The fraction of sp³-hybridized carbons (Fsp3) is 0.167. The molecule has 37 heavy (non-hydrogen) atoms. The number of amides is 1. The van der Waals surface area contributed by atoms with E-state index in [9.17, 15) is 0 Å². The first-order valence-corrected chi connectivity index (χ1v) is 12.0. The first-order chi connectivity index (χ1) is 18.1. The van der Waals surface area contributed by atoms with Crippen LogP contribution >= 0.6 is 0 Å². The van der Waals surface area contributed by atoms with Gasteiger partial charge in [0.2, 0.25) is 12.7 Å². The van der Waals surface area contributed by atoms with Crippen LogP contribution in [0.2, 0.25) is 0 Å². The highest BCUT2D eigenvalue weighted by atomic mass is 16.7. The molecule has 2 atom stereocenters. The average molecular weight is 492 g/mol. The Labute approximate surface area is 214 Å². The number of carbonyl (C=O) groups is 1. The van der Waals surface area contributed by atoms with Crippen molar-refractivity contribution in [1.29, 1.82) is 0 Å². The molecule has 0 aliphatic carbocycles. The molecule has 0 N–H and O–H groups in total. The minimum absolute atomic E-state index is 0.0271. The molecule has 3 aliphatic rings. The molecule has 2 radical (unpaired) electrons. The standard InChI is InChI=1S/C30H23N2O5/c1-19-6-5-7-20(12-19)16-32(21-10-11-28(34-2)31-15-21)24-9-4-3-8-22(24)30(29(32)33)17-35-25-14-27-26(13-23(25)30)36-18-37-27/h1,3-15H,16-18H2,2H3/q+1. The van der Waals surface area contributed by atoms with E-state index in [0.717, 1.165) is 28.1 Å². The molecule has 0 saturated carbocycles. The number of methoxy groups -OCH3 is 1. The zero-order valence-corrected chi connectivity index (χ0v) is 20.1. The van der Waals surface area contributed by atoms with Gasteiger partial charge in [-0.05, 0) is 24.6 Å². The fourth-order valence-electron chi connectivity index (χ4n) is 5.95. The van der Waals surface area contributed by atoms with Gasteiger partial charge in [-0.25, -0.2) is 9.78 Å². The van der Waals surface area contributed by atoms with Crippen LogP contribution in [0.25, 0.3) is 0 Å². The number of hydrogen-bond donors (Lipinski definition) is 0. The number of benzene rings is 3. The van der Waals surface area contributed by atoms with Crippen molar-refractivity contribution in [3.05, 3.63) is 108 Å². The van der Waals surface area contributed by atoms with Crippen molar-refractivity contribution in [2.24, 2.45) is 0 Å². The van der Waals surface area contributed by atoms with E-state index in [1.165, 1.54) is 0 Å². The number of fused-ring (bicyclic) bond motifs is 5. The molecule has 4 aromatic rings. The molecule has 7 nitrogen and oxygen atoms in total. The summed E-state index contributed by atoms with van der Waals surface area (Å²) in [4.78, 5) is 19.6. The molecule has 0 saturated heterocycles. The molecule has 1 amide bonds. The third-order valence-corrected chi connectivity index (χ3v) is 7.61. The number of aromatic nitrogens is 1. The van der Waals surface area contributed by atoms with Gasteiger partial charge in [0.1, 0.15) is 18.9 Å². The summed E-state index contributed by atoms with van der Waals surface area (Å²) in [5.41, 5.74) is 3.82. The number of nitrogens with zero attached hydrogens (tertiary/aromatic N) is 2. The summed E-state index contributed by atoms with van der Waals surface area (Å²) in [6.07, 6.45) is 1.72. The van der Waals surface area contributed by atoms with Crippen LogP contribution in [-0.2, 0) is 16.8 Å². The predicted octanol–water partition coefficient (Wildman–Crippen LogP) is 4.94. The molecule has 1 aromatic heterocycles. The fourth-order valence-corrected chi connectivity index (χ4v) is 5.95. The molecule has 7 heteroatoms. The molecule has 0 bridgehead atoms. The SMILES string of the molecule is [CH]c1cccc(C[N+]2(c3ccc(OC)nc3)C(=O)C3(COc4cc5c(cc43)OCO5)c3ccccc32)c1. The largest absolute Gasteiger partial charge is 0.491 e. The van der Waals surface area contributed by atoms with Crippen molar-refractivity contribution < 1.29 is 23.7 Å². The van der Waals surface area contributed by atoms with Gasteiger partial charge in [-0.2, -0.15) is 4.48 Å². The summed E-state index contributed by atoms with van der Waals surface area (Å²) in [5, 5.41) is 0. The van der Waals surface area contributed by atoms with Crippen LogP contribution in [0.5, 0.6) is 23.1 Å². The molecular formula is C30H23N2O5+. The topological polar surface area (TPSA) is 66.9 Å². The summed E-state index contributed by atoms with van der Waals surface area (Å²) in [6.45, 7) is 6.83. The monoisotopic (exact) mass is 491 g/mol. The molecule has 3 aromatic carbocycles. The minimum atomic E-state index is -1.03. The lowest BCUT2D eigenvalue weighted by molar-refractivity contribution is -0.131. The molecule has 182 valence electrons. The second-order valence-electron chi connectivity index (χ2n) is 9.49. The van der Waals surface area contributed by atoms with Gasteiger partial charge >= 0.3 is 5.91 Å². The second-order valence-corrected chi connectivity index (χ2v) is 9.49. The van der Waals surface area contributed by atoms with Crippen molar-refractivity contribution in [3.63, 3.8) is 0 Å². The Hall–Kier alpha value is -4.36. The Morgan fingerprint density at radius 1 is 0.946 bits per heavy atom. The van der Waals surface area contributed by atoms with Crippen LogP contribution < -0.4 is 23.4 Å². The third-order valence-electron chi connectivity index (χ3n) is 7.61. The Morgan fingerprint density at radius 3 is 2.57 bits per heavy atom. The summed E-state index contributed by atoms with van der Waals surface area (Å²) in [7, 11) is 1.57. The molecule has 2 unspecified atom stereocenters. The quantitative estimate of drug-likeness (QED) is 0.377. The van der Waals surface area contributed by atoms with Crippen molar-refractivity contribution in [1.82, 2.24) is 9.47 Å². The van der Waals surface area contributed by atoms with Gasteiger partial charge < -0.3 is 18.9 Å². The molecule has 4 heterocycles. The van der Waals surface area contributed by atoms with Crippen molar-refractivity contribution >= 4 is 17.3 Å². The third kappa shape index (κ3) is 2.92. The number of ether oxygens (including phenoxy) is 4. The van der Waals surface area contributed by atoms with Crippen LogP contribution in [0.3, 0.4) is 0 Å². The summed E-state index contributed by atoms with van der Waals surface area (Å²) >= 11 is 0. The zero-order chi connectivity index (χ0) is 25.2. The first-order valence-electron chi connectivity index (χ1n) is 12.0. The van der Waals surface area contributed by atoms with Crippen molar-refractivity contribution in [2.45, 2.75) is 12.0 Å². The smallest absolute Gasteiger partial charge is 0.343 e. The summed E-state index contributed by atoms with van der Waals surface area (Å²) < 4.78 is 22.7. The van der Waals surface area contributed by atoms with Gasteiger partial charge in [-0.15, -0.1) is 0 Å². The van der Waals surface area contributed by atoms with Gasteiger partial charge in [-0.3, -0.25) is 0 Å². The number of pyridine rings is 1. The predicted molar refractivity (Wildman–Crippen MR) is 136 cm³/mol. The lowest BCUT2D eigenvalue weighted by atomic mass is 9.77. The molecule has 7 rings (SSSR count). The molecule has 1 spiro atoms. The van der Waals surface area contributed by atoms with Crippen molar-refractivity contribution in [2.75, 3.05) is 20.5 Å². The average Bonchev–Trinajstić information content (AvgIpc) is 3.59. The van der Waals surface area contributed by atoms with Gasteiger partial charge in [0, 0.05) is 41.0 Å². The number of quaternary nitrogens is 1. The van der Waals surface area contributed by atoms with E-state index in [4.69, 9.17) is 25.9 Å². The van der Waals surface area contributed by atoms with E-state index in [0.29, 0.717) is 35.2 Å². The van der Waals surface area contributed by atoms with Crippen LogP contribution in [0.4, 0.5) is 11.4 Å². The van der Waals surface area contributed by atoms with E-state index in [1.807, 2.05) is 66.7 Å². The maximum atomic E-state index is 15.1. The van der Waals surface area contributed by atoms with Crippen LogP contribution in [-0.4, -0.2) is 31.4 Å². The van der Waals surface area contributed by atoms with Crippen molar-refractivity contribution in [3.8, 4) is 23.1 Å². The van der Waals surface area contributed by atoms with Gasteiger partial charge in [0.05, 0.1) is 13.3 Å². The Balaban J connectivity index is 1.50. The van der Waals surface area contributed by atoms with Crippen LogP contribution in [0.15, 0.2) is 79.0 Å². The van der Waals surface area contributed by atoms with E-state index in [-0.39, 0.29) is 23.8 Å². The first kappa shape index (κ1) is 21.9. The number of hydrogen-bond acceptors (Lipinski definition) is 6. The normalized spacial score (nSPS) is 22.6. The minimum Gasteiger partial charge on any atom is -0.491 e. The van der Waals surface area contributed by atoms with E-state index in [1.54, 1.807) is 19.4 Å². The Kier molecular flexibility index (Phi) is 4.62. The van der Waals surface area contributed by atoms with Gasteiger partial charge in [-0.1, -0.05) is 36.4 Å². The molecule has 0 fully saturated rings. The maximum Gasteiger partial charge on any atom is 0.343 e. The highest BCUT2D eigenvalue weighted by molar-refractivity contribution is 6.11. The Bertz CT molecular complexity index is 1570. The Morgan fingerprint density at radius 2 is 1.78 bits per heavy atom. The van der Waals surface area contributed by atoms with E-state index in [2.05, 4.69) is 4.98 Å². The summed E-state index contributed by atoms with van der Waals surface area (Å²) in [6, 6.07) is 23.0. The lowest BCUT2D eigenvalue weighted by Crippen LogP contribution is -2.53. The summed E-state index contributed by atoms with van der Waals surface area (Å²) in [5.74, 6) is 2.31.